The summed E-state index contributed by atoms with van der Waals surface area (Å²) in [6.07, 6.45) is 5.32. The maximum Gasteiger partial charge on any atom is 0.250 e. The van der Waals surface area contributed by atoms with E-state index in [1.54, 1.807) is 49.6 Å². The van der Waals surface area contributed by atoms with Gasteiger partial charge in [0.2, 0.25) is 11.8 Å². The Balaban J connectivity index is 1.43. The summed E-state index contributed by atoms with van der Waals surface area (Å²) >= 11 is 5.63. The first-order valence-corrected chi connectivity index (χ1v) is 14.3. The van der Waals surface area contributed by atoms with Gasteiger partial charge in [-0.1, -0.05) is 49.6 Å². The van der Waals surface area contributed by atoms with E-state index in [1.807, 2.05) is 41.3 Å². The van der Waals surface area contributed by atoms with Crippen LogP contribution in [0.1, 0.15) is 49.5 Å². The number of hydrogen-bond acceptors (Lipinski definition) is 6. The van der Waals surface area contributed by atoms with Gasteiger partial charge in [0.05, 0.1) is 45.3 Å². The first-order chi connectivity index (χ1) is 19.9. The maximum atomic E-state index is 14.3. The van der Waals surface area contributed by atoms with Gasteiger partial charge in [-0.3, -0.25) is 9.59 Å². The van der Waals surface area contributed by atoms with Crippen LogP contribution < -0.4 is 20.1 Å². The van der Waals surface area contributed by atoms with Crippen molar-refractivity contribution in [1.82, 2.24) is 15.1 Å². The van der Waals surface area contributed by atoms with Gasteiger partial charge in [-0.2, -0.15) is 0 Å². The number of benzene rings is 2. The van der Waals surface area contributed by atoms with E-state index in [0.29, 0.717) is 47.4 Å². The molecule has 0 bridgehead atoms. The lowest BCUT2D eigenvalue weighted by Crippen LogP contribution is -2.61. The van der Waals surface area contributed by atoms with Gasteiger partial charge < -0.3 is 34.3 Å². The third-order valence-electron chi connectivity index (χ3n) is 7.99. The van der Waals surface area contributed by atoms with E-state index in [2.05, 4.69) is 10.6 Å². The number of ether oxygens (including phenoxy) is 2. The van der Waals surface area contributed by atoms with E-state index in [0.717, 1.165) is 24.8 Å². The van der Waals surface area contributed by atoms with Crippen molar-refractivity contribution < 1.29 is 23.5 Å². The van der Waals surface area contributed by atoms with Gasteiger partial charge in [0, 0.05) is 12.6 Å². The van der Waals surface area contributed by atoms with Gasteiger partial charge in [0.15, 0.2) is 5.11 Å². The second-order valence-corrected chi connectivity index (χ2v) is 10.9. The predicted octanol–water partition coefficient (Wildman–Crippen LogP) is 4.90. The lowest BCUT2D eigenvalue weighted by atomic mass is 9.79. The van der Waals surface area contributed by atoms with Gasteiger partial charge in [0.25, 0.3) is 0 Å². The normalized spacial score (nSPS) is 18.0. The SMILES string of the molecule is COc1ccc(NC(=O)C2(N(Cc3ccco3)C(=O)CN3CC(c4ccccc4)NC3=S)CCCCC2)c(OC)c1. The summed E-state index contributed by atoms with van der Waals surface area (Å²) in [5.74, 6) is 1.28. The Kier molecular flexibility index (Phi) is 8.78. The number of amides is 2. The Labute approximate surface area is 245 Å². The molecule has 1 aliphatic carbocycles. The topological polar surface area (TPSA) is 96.3 Å². The molecule has 9 nitrogen and oxygen atoms in total. The fraction of sp³-hybridized carbons (Fsp3) is 0.387. The van der Waals surface area contributed by atoms with Crippen molar-refractivity contribution in [1.29, 1.82) is 0 Å². The lowest BCUT2D eigenvalue weighted by Gasteiger charge is -2.45. The minimum absolute atomic E-state index is 0.00972. The molecule has 2 aromatic carbocycles. The van der Waals surface area contributed by atoms with Crippen molar-refractivity contribution in [2.45, 2.75) is 50.2 Å². The number of nitrogens with one attached hydrogen (secondary N) is 2. The summed E-state index contributed by atoms with van der Waals surface area (Å²) in [5.41, 5.74) is 0.554. The van der Waals surface area contributed by atoms with Gasteiger partial charge in [-0.25, -0.2) is 0 Å². The zero-order valence-electron chi connectivity index (χ0n) is 23.4. The quantitative estimate of drug-likeness (QED) is 0.329. The number of furan rings is 1. The van der Waals surface area contributed by atoms with Crippen molar-refractivity contribution in [3.05, 3.63) is 78.3 Å². The fourth-order valence-electron chi connectivity index (χ4n) is 5.78. The molecular formula is C31H36N4O5S. The van der Waals surface area contributed by atoms with Crippen LogP contribution in [0, 0.1) is 0 Å². The number of hydrogen-bond donors (Lipinski definition) is 2. The molecule has 216 valence electrons. The zero-order chi connectivity index (χ0) is 28.8. The highest BCUT2D eigenvalue weighted by Gasteiger charge is 2.48. The molecule has 0 spiro atoms. The molecule has 2 heterocycles. The number of anilines is 1. The van der Waals surface area contributed by atoms with Crippen molar-refractivity contribution in [2.24, 2.45) is 0 Å². The standard InChI is InChI=1S/C31H36N4O5S/c1-38-23-13-14-25(27(18-23)39-2)32-29(37)31(15-7-4-8-16-31)35(19-24-12-9-17-40-24)28(36)21-34-20-26(33-30(34)41)22-10-5-3-6-11-22/h3,5-6,9-14,17-18,26H,4,7-8,15-16,19-21H2,1-2H3,(H,32,37)(H,33,41). The van der Waals surface area contributed by atoms with E-state index in [9.17, 15) is 9.59 Å². The maximum absolute atomic E-state index is 14.3. The molecule has 1 aromatic heterocycles. The van der Waals surface area contributed by atoms with Gasteiger partial charge in [-0.05, 0) is 54.9 Å². The molecule has 1 saturated carbocycles. The number of rotatable bonds is 10. The summed E-state index contributed by atoms with van der Waals surface area (Å²) < 4.78 is 16.5. The Morgan fingerprint density at radius 1 is 1.07 bits per heavy atom. The fourth-order valence-corrected chi connectivity index (χ4v) is 6.06. The monoisotopic (exact) mass is 576 g/mol. The summed E-state index contributed by atoms with van der Waals surface area (Å²) in [7, 11) is 3.12. The van der Waals surface area contributed by atoms with Crippen molar-refractivity contribution in [3.63, 3.8) is 0 Å². The van der Waals surface area contributed by atoms with E-state index in [-0.39, 0.29) is 30.9 Å². The van der Waals surface area contributed by atoms with Crippen LogP contribution >= 0.6 is 12.2 Å². The number of carbonyl (C=O) groups excluding carboxylic acids is 2. The van der Waals surface area contributed by atoms with E-state index in [4.69, 9.17) is 26.1 Å². The molecule has 2 fully saturated rings. The van der Waals surface area contributed by atoms with Gasteiger partial charge in [0.1, 0.15) is 22.8 Å². The summed E-state index contributed by atoms with van der Waals surface area (Å²) in [5, 5.41) is 6.94. The van der Waals surface area contributed by atoms with Gasteiger partial charge >= 0.3 is 0 Å². The number of thiocarbonyl (C=S) groups is 1. The highest BCUT2D eigenvalue weighted by atomic mass is 32.1. The highest BCUT2D eigenvalue weighted by molar-refractivity contribution is 7.80. The molecule has 41 heavy (non-hydrogen) atoms. The third-order valence-corrected chi connectivity index (χ3v) is 8.36. The van der Waals surface area contributed by atoms with Crippen LogP contribution in [-0.2, 0) is 16.1 Å². The van der Waals surface area contributed by atoms with Gasteiger partial charge in [-0.15, -0.1) is 0 Å². The average Bonchev–Trinajstić information content (AvgIpc) is 3.66. The predicted molar refractivity (Wildman–Crippen MR) is 160 cm³/mol. The van der Waals surface area contributed by atoms with Crippen LogP contribution in [0.4, 0.5) is 5.69 Å². The molecular weight excluding hydrogens is 540 g/mol. The van der Waals surface area contributed by atoms with Crippen molar-refractivity contribution >= 4 is 34.8 Å². The lowest BCUT2D eigenvalue weighted by molar-refractivity contribution is -0.149. The highest BCUT2D eigenvalue weighted by Crippen LogP contribution is 2.38. The van der Waals surface area contributed by atoms with E-state index < -0.39 is 5.54 Å². The number of nitrogens with zero attached hydrogens (tertiary/aromatic N) is 2. The van der Waals surface area contributed by atoms with E-state index >= 15 is 0 Å². The van der Waals surface area contributed by atoms with Crippen molar-refractivity contribution in [3.8, 4) is 11.5 Å². The average molecular weight is 577 g/mol. The van der Waals surface area contributed by atoms with Crippen LogP contribution in [-0.4, -0.2) is 59.6 Å². The van der Waals surface area contributed by atoms with Crippen LogP contribution in [0.5, 0.6) is 11.5 Å². The van der Waals surface area contributed by atoms with Crippen LogP contribution in [0.15, 0.2) is 71.3 Å². The molecule has 2 aliphatic rings. The summed E-state index contributed by atoms with van der Waals surface area (Å²) in [6, 6.07) is 18.9. The van der Waals surface area contributed by atoms with Crippen LogP contribution in [0.3, 0.4) is 0 Å². The van der Waals surface area contributed by atoms with Crippen LogP contribution in [0.2, 0.25) is 0 Å². The van der Waals surface area contributed by atoms with E-state index in [1.165, 1.54) is 0 Å². The molecule has 3 aromatic rings. The molecule has 10 heteroatoms. The largest absolute Gasteiger partial charge is 0.497 e. The summed E-state index contributed by atoms with van der Waals surface area (Å²) in [4.78, 5) is 32.1. The Hall–Kier alpha value is -4.05. The zero-order valence-corrected chi connectivity index (χ0v) is 24.2. The smallest absolute Gasteiger partial charge is 0.250 e. The molecule has 1 aliphatic heterocycles. The Bertz CT molecular complexity index is 1360. The molecule has 1 unspecified atom stereocenters. The number of carbonyl (C=O) groups is 2. The van der Waals surface area contributed by atoms with Crippen LogP contribution in [0.25, 0.3) is 0 Å². The molecule has 0 radical (unpaired) electrons. The minimum Gasteiger partial charge on any atom is -0.497 e. The molecule has 1 saturated heterocycles. The second kappa shape index (κ2) is 12.6. The van der Waals surface area contributed by atoms with Crippen molar-refractivity contribution in [2.75, 3.05) is 32.6 Å². The first kappa shape index (κ1) is 28.5. The number of methoxy groups -OCH3 is 2. The first-order valence-electron chi connectivity index (χ1n) is 13.9. The molecule has 2 amide bonds. The molecule has 2 N–H and O–H groups in total. The molecule has 5 rings (SSSR count). The molecule has 1 atom stereocenters. The summed E-state index contributed by atoms with van der Waals surface area (Å²) in [6.45, 7) is 0.789. The Morgan fingerprint density at radius 2 is 1.85 bits per heavy atom. The third kappa shape index (κ3) is 6.17. The minimum atomic E-state index is -1.07. The Morgan fingerprint density at radius 3 is 2.54 bits per heavy atom. The second-order valence-electron chi connectivity index (χ2n) is 10.5.